The van der Waals surface area contributed by atoms with Crippen LogP contribution in [0, 0.1) is 0 Å². The number of aromatic nitrogens is 1. The molecule has 0 saturated heterocycles. The molecule has 0 spiro atoms. The first kappa shape index (κ1) is 20.0. The van der Waals surface area contributed by atoms with Gasteiger partial charge in [-0.2, -0.15) is 8.78 Å². The second-order valence-electron chi connectivity index (χ2n) is 6.55. The van der Waals surface area contributed by atoms with Crippen molar-refractivity contribution in [3.63, 3.8) is 0 Å². The first-order chi connectivity index (χ1) is 14.5. The fraction of sp³-hybridized carbons (Fsp3) is 0.130. The molecule has 0 N–H and O–H groups in total. The third-order valence-electron chi connectivity index (χ3n) is 4.62. The molecule has 30 heavy (non-hydrogen) atoms. The highest BCUT2D eigenvalue weighted by Crippen LogP contribution is 2.35. The molecule has 3 aromatic carbocycles. The quantitative estimate of drug-likeness (QED) is 0.366. The lowest BCUT2D eigenvalue weighted by Gasteiger charge is -2.17. The summed E-state index contributed by atoms with van der Waals surface area (Å²) in [6.07, 6.45) is 0. The number of hydrogen-bond acceptors (Lipinski definition) is 5. The van der Waals surface area contributed by atoms with E-state index in [2.05, 4.69) is 4.98 Å². The summed E-state index contributed by atoms with van der Waals surface area (Å²) in [5, 5.41) is 3.33. The lowest BCUT2D eigenvalue weighted by Crippen LogP contribution is -2.28. The van der Waals surface area contributed by atoms with Crippen LogP contribution in [0.4, 0.5) is 8.78 Å². The molecule has 0 atom stereocenters. The highest BCUT2D eigenvalue weighted by Gasteiger charge is 2.44. The molecule has 1 aromatic heterocycles. The van der Waals surface area contributed by atoms with Crippen molar-refractivity contribution in [1.82, 2.24) is 4.98 Å². The molecule has 0 unspecified atom stereocenters. The third kappa shape index (κ3) is 3.89. The number of ether oxygens (including phenoxy) is 2. The SMILES string of the molecule is COc1ccc(-c2nc(COC(=O)C(F)(F)c3cccc4ccccc34)cs2)cc1. The van der Waals surface area contributed by atoms with Crippen molar-refractivity contribution in [3.05, 3.63) is 83.4 Å². The zero-order chi connectivity index (χ0) is 21.1. The molecular weight excluding hydrogens is 408 g/mol. The summed E-state index contributed by atoms with van der Waals surface area (Å²) in [7, 11) is 1.58. The predicted molar refractivity (Wildman–Crippen MR) is 112 cm³/mol. The van der Waals surface area contributed by atoms with Crippen LogP contribution in [-0.2, 0) is 22.1 Å². The summed E-state index contributed by atoms with van der Waals surface area (Å²) in [6, 6.07) is 18.5. The van der Waals surface area contributed by atoms with Crippen LogP contribution in [-0.4, -0.2) is 18.1 Å². The Morgan fingerprint density at radius 1 is 1.03 bits per heavy atom. The molecule has 152 valence electrons. The zero-order valence-electron chi connectivity index (χ0n) is 16.0. The summed E-state index contributed by atoms with van der Waals surface area (Å²) >= 11 is 1.34. The highest BCUT2D eigenvalue weighted by molar-refractivity contribution is 7.13. The Kier molecular flexibility index (Phi) is 5.46. The molecule has 0 aliphatic rings. The van der Waals surface area contributed by atoms with Gasteiger partial charge in [-0.3, -0.25) is 0 Å². The van der Waals surface area contributed by atoms with Crippen molar-refractivity contribution in [2.75, 3.05) is 7.11 Å². The molecule has 1 heterocycles. The normalized spacial score (nSPS) is 11.4. The number of nitrogens with zero attached hydrogens (tertiary/aromatic N) is 1. The van der Waals surface area contributed by atoms with Gasteiger partial charge in [-0.05, 0) is 35.0 Å². The summed E-state index contributed by atoms with van der Waals surface area (Å²) in [4.78, 5) is 16.6. The highest BCUT2D eigenvalue weighted by atomic mass is 32.1. The van der Waals surface area contributed by atoms with Gasteiger partial charge in [0, 0.05) is 16.5 Å². The Morgan fingerprint density at radius 3 is 2.53 bits per heavy atom. The molecule has 0 bridgehead atoms. The van der Waals surface area contributed by atoms with Gasteiger partial charge in [0.05, 0.1) is 12.8 Å². The van der Waals surface area contributed by atoms with Crippen molar-refractivity contribution in [2.24, 2.45) is 0 Å². The number of esters is 1. The Balaban J connectivity index is 1.48. The van der Waals surface area contributed by atoms with Crippen LogP contribution in [0.25, 0.3) is 21.3 Å². The second kappa shape index (κ2) is 8.20. The van der Waals surface area contributed by atoms with Gasteiger partial charge in [0.1, 0.15) is 17.4 Å². The molecule has 0 aliphatic carbocycles. The van der Waals surface area contributed by atoms with Crippen molar-refractivity contribution >= 4 is 28.1 Å². The first-order valence-corrected chi connectivity index (χ1v) is 9.99. The number of methoxy groups -OCH3 is 1. The van der Waals surface area contributed by atoms with E-state index in [0.717, 1.165) is 11.3 Å². The maximum atomic E-state index is 14.8. The van der Waals surface area contributed by atoms with Crippen LogP contribution in [0.2, 0.25) is 0 Å². The minimum atomic E-state index is -3.77. The second-order valence-corrected chi connectivity index (χ2v) is 7.41. The van der Waals surface area contributed by atoms with E-state index in [0.29, 0.717) is 21.5 Å². The zero-order valence-corrected chi connectivity index (χ0v) is 16.8. The van der Waals surface area contributed by atoms with Gasteiger partial charge in [-0.25, -0.2) is 9.78 Å². The number of thiazole rings is 1. The average Bonchev–Trinajstić information content (AvgIpc) is 3.26. The molecule has 0 amide bonds. The smallest absolute Gasteiger partial charge is 0.382 e. The first-order valence-electron chi connectivity index (χ1n) is 9.11. The predicted octanol–water partition coefficient (Wildman–Crippen LogP) is 5.81. The van der Waals surface area contributed by atoms with Crippen molar-refractivity contribution in [2.45, 2.75) is 12.5 Å². The van der Waals surface area contributed by atoms with E-state index in [4.69, 9.17) is 9.47 Å². The molecule has 4 nitrogen and oxygen atoms in total. The molecule has 0 aliphatic heterocycles. The van der Waals surface area contributed by atoms with Crippen molar-refractivity contribution in [1.29, 1.82) is 0 Å². The number of fused-ring (bicyclic) bond motifs is 1. The van der Waals surface area contributed by atoms with Gasteiger partial charge in [-0.1, -0.05) is 42.5 Å². The van der Waals surface area contributed by atoms with E-state index in [9.17, 15) is 13.6 Å². The average molecular weight is 425 g/mol. The molecule has 0 saturated carbocycles. The minimum absolute atomic E-state index is 0.317. The Labute approximate surface area is 175 Å². The van der Waals surface area contributed by atoms with Gasteiger partial charge >= 0.3 is 11.9 Å². The molecule has 0 fully saturated rings. The largest absolute Gasteiger partial charge is 0.497 e. The summed E-state index contributed by atoms with van der Waals surface area (Å²) in [5.74, 6) is -4.65. The van der Waals surface area contributed by atoms with E-state index < -0.39 is 11.9 Å². The molecule has 4 aromatic rings. The van der Waals surface area contributed by atoms with E-state index in [1.165, 1.54) is 23.5 Å². The van der Waals surface area contributed by atoms with Crippen molar-refractivity contribution in [3.8, 4) is 16.3 Å². The minimum Gasteiger partial charge on any atom is -0.497 e. The van der Waals surface area contributed by atoms with Gasteiger partial charge in [0.25, 0.3) is 0 Å². The lowest BCUT2D eigenvalue weighted by atomic mass is 10.00. The molecular formula is C23H17F2NO3S. The molecule has 0 radical (unpaired) electrons. The van der Waals surface area contributed by atoms with Gasteiger partial charge in [0.15, 0.2) is 0 Å². The van der Waals surface area contributed by atoms with Gasteiger partial charge < -0.3 is 9.47 Å². The fourth-order valence-corrected chi connectivity index (χ4v) is 3.89. The van der Waals surface area contributed by atoms with E-state index >= 15 is 0 Å². The molecule has 7 heteroatoms. The fourth-order valence-electron chi connectivity index (χ4n) is 3.08. The Morgan fingerprint density at radius 2 is 1.77 bits per heavy atom. The standard InChI is InChI=1S/C23H17F2NO3S/c1-28-18-11-9-16(10-12-18)21-26-17(14-30-21)13-29-22(27)23(24,25)20-8-4-6-15-5-2-3-7-19(15)20/h2-12,14H,13H2,1H3. The Hall–Kier alpha value is -3.32. The number of carbonyl (C=O) groups is 1. The number of benzene rings is 3. The molecule has 4 rings (SSSR count). The summed E-state index contributed by atoms with van der Waals surface area (Å²) in [6.45, 7) is -0.328. The van der Waals surface area contributed by atoms with Crippen LogP contribution in [0.1, 0.15) is 11.3 Å². The number of carbonyl (C=O) groups excluding carboxylic acids is 1. The number of halogens is 2. The van der Waals surface area contributed by atoms with Crippen LogP contribution >= 0.6 is 11.3 Å². The number of rotatable bonds is 6. The number of alkyl halides is 2. The van der Waals surface area contributed by atoms with Crippen LogP contribution in [0.5, 0.6) is 5.75 Å². The lowest BCUT2D eigenvalue weighted by molar-refractivity contribution is -0.175. The summed E-state index contributed by atoms with van der Waals surface area (Å²) < 4.78 is 39.7. The monoisotopic (exact) mass is 425 g/mol. The maximum absolute atomic E-state index is 14.8. The number of hydrogen-bond donors (Lipinski definition) is 0. The van der Waals surface area contributed by atoms with Crippen LogP contribution in [0.15, 0.2) is 72.1 Å². The van der Waals surface area contributed by atoms with Gasteiger partial charge in [0.2, 0.25) is 0 Å². The van der Waals surface area contributed by atoms with E-state index in [1.807, 2.05) is 12.1 Å². The van der Waals surface area contributed by atoms with Crippen molar-refractivity contribution < 1.29 is 23.0 Å². The Bertz CT molecular complexity index is 1180. The van der Waals surface area contributed by atoms with E-state index in [-0.39, 0.29) is 12.2 Å². The van der Waals surface area contributed by atoms with E-state index in [1.54, 1.807) is 55.0 Å². The van der Waals surface area contributed by atoms with Gasteiger partial charge in [-0.15, -0.1) is 11.3 Å². The van der Waals surface area contributed by atoms with Crippen LogP contribution < -0.4 is 4.74 Å². The summed E-state index contributed by atoms with van der Waals surface area (Å²) in [5.41, 5.74) is 0.898. The topological polar surface area (TPSA) is 48.4 Å². The third-order valence-corrected chi connectivity index (χ3v) is 5.56. The maximum Gasteiger partial charge on any atom is 0.382 e. The van der Waals surface area contributed by atoms with Crippen LogP contribution in [0.3, 0.4) is 0 Å².